The number of nitrogens with zero attached hydrogens (tertiary/aromatic N) is 5. The van der Waals surface area contributed by atoms with Crippen LogP contribution < -0.4 is 0 Å². The minimum atomic E-state index is 0.390. The normalized spacial score (nSPS) is 17.4. The van der Waals surface area contributed by atoms with E-state index in [4.69, 9.17) is 0 Å². The second-order valence-electron chi connectivity index (χ2n) is 6.65. The molecule has 0 saturated carbocycles. The molecule has 1 aliphatic heterocycles. The summed E-state index contributed by atoms with van der Waals surface area (Å²) in [6, 6.07) is 19.6. The Bertz CT molecular complexity index is 827. The van der Waals surface area contributed by atoms with Crippen LogP contribution in [0.3, 0.4) is 0 Å². The average molecular weight is 333 g/mol. The zero-order chi connectivity index (χ0) is 17.1. The van der Waals surface area contributed by atoms with Gasteiger partial charge in [-0.1, -0.05) is 61.5 Å². The Labute approximate surface area is 148 Å². The quantitative estimate of drug-likeness (QED) is 0.719. The van der Waals surface area contributed by atoms with Gasteiger partial charge in [-0.05, 0) is 33.5 Å². The molecule has 0 radical (unpaired) electrons. The summed E-state index contributed by atoms with van der Waals surface area (Å²) in [5.41, 5.74) is 4.21. The maximum absolute atomic E-state index is 4.24. The monoisotopic (exact) mass is 333 g/mol. The van der Waals surface area contributed by atoms with Gasteiger partial charge in [0, 0.05) is 25.6 Å². The molecule has 0 spiro atoms. The van der Waals surface area contributed by atoms with Crippen LogP contribution in [0.4, 0.5) is 0 Å². The SMILES string of the molecule is CCCn1nnnc1CN1Cc2ccccc2C(c2ccccc2)C1. The number of benzene rings is 2. The highest BCUT2D eigenvalue weighted by atomic mass is 15.5. The molecule has 0 bridgehead atoms. The summed E-state index contributed by atoms with van der Waals surface area (Å²) < 4.78 is 1.93. The molecule has 0 N–H and O–H groups in total. The van der Waals surface area contributed by atoms with E-state index < -0.39 is 0 Å². The van der Waals surface area contributed by atoms with E-state index >= 15 is 0 Å². The lowest BCUT2D eigenvalue weighted by atomic mass is 9.85. The van der Waals surface area contributed by atoms with Gasteiger partial charge in [0.15, 0.2) is 5.82 Å². The van der Waals surface area contributed by atoms with E-state index in [9.17, 15) is 0 Å². The van der Waals surface area contributed by atoms with Crippen molar-refractivity contribution in [3.63, 3.8) is 0 Å². The molecule has 3 aromatic rings. The van der Waals surface area contributed by atoms with Crippen LogP contribution in [0.25, 0.3) is 0 Å². The van der Waals surface area contributed by atoms with E-state index in [1.807, 2.05) is 4.68 Å². The first-order valence-electron chi connectivity index (χ1n) is 8.95. The Hall–Kier alpha value is -2.53. The van der Waals surface area contributed by atoms with E-state index in [1.165, 1.54) is 16.7 Å². The van der Waals surface area contributed by atoms with Crippen molar-refractivity contribution in [3.05, 3.63) is 77.1 Å². The Morgan fingerprint density at radius 2 is 1.84 bits per heavy atom. The van der Waals surface area contributed by atoms with Crippen LogP contribution in [0.1, 0.15) is 41.8 Å². The van der Waals surface area contributed by atoms with Crippen molar-refractivity contribution in [1.82, 2.24) is 25.1 Å². The minimum absolute atomic E-state index is 0.390. The largest absolute Gasteiger partial charge is 0.291 e. The third-order valence-electron chi connectivity index (χ3n) is 4.87. The van der Waals surface area contributed by atoms with E-state index in [0.29, 0.717) is 5.92 Å². The smallest absolute Gasteiger partial charge is 0.165 e. The molecule has 1 unspecified atom stereocenters. The molecule has 0 saturated heterocycles. The number of hydrogen-bond acceptors (Lipinski definition) is 4. The number of rotatable bonds is 5. The predicted molar refractivity (Wildman–Crippen MR) is 96.9 cm³/mol. The molecule has 0 amide bonds. The zero-order valence-electron chi connectivity index (χ0n) is 14.5. The van der Waals surface area contributed by atoms with Gasteiger partial charge in [-0.15, -0.1) is 5.10 Å². The fourth-order valence-electron chi connectivity index (χ4n) is 3.69. The van der Waals surface area contributed by atoms with Crippen molar-refractivity contribution in [1.29, 1.82) is 0 Å². The molecule has 5 nitrogen and oxygen atoms in total. The van der Waals surface area contributed by atoms with Crippen LogP contribution in [0.5, 0.6) is 0 Å². The molecular weight excluding hydrogens is 310 g/mol. The second kappa shape index (κ2) is 7.15. The lowest BCUT2D eigenvalue weighted by Gasteiger charge is -2.34. The third kappa shape index (κ3) is 3.33. The number of tetrazole rings is 1. The number of aryl methyl sites for hydroxylation is 1. The maximum atomic E-state index is 4.24. The molecule has 0 fully saturated rings. The van der Waals surface area contributed by atoms with Crippen molar-refractivity contribution in [2.45, 2.75) is 38.9 Å². The Morgan fingerprint density at radius 3 is 2.68 bits per heavy atom. The van der Waals surface area contributed by atoms with E-state index in [0.717, 1.165) is 38.4 Å². The minimum Gasteiger partial charge on any atom is -0.291 e. The highest BCUT2D eigenvalue weighted by molar-refractivity contribution is 5.40. The molecule has 2 heterocycles. The second-order valence-corrected chi connectivity index (χ2v) is 6.65. The van der Waals surface area contributed by atoms with Crippen LogP contribution in [0.2, 0.25) is 0 Å². The van der Waals surface area contributed by atoms with Gasteiger partial charge in [0.2, 0.25) is 0 Å². The van der Waals surface area contributed by atoms with Crippen molar-refractivity contribution >= 4 is 0 Å². The summed E-state index contributed by atoms with van der Waals surface area (Å²) >= 11 is 0. The molecule has 4 rings (SSSR count). The first kappa shape index (κ1) is 16.0. The topological polar surface area (TPSA) is 46.8 Å². The first-order chi connectivity index (χ1) is 12.3. The number of fused-ring (bicyclic) bond motifs is 1. The maximum Gasteiger partial charge on any atom is 0.165 e. The molecule has 5 heteroatoms. The third-order valence-corrected chi connectivity index (χ3v) is 4.87. The van der Waals surface area contributed by atoms with Gasteiger partial charge in [0.1, 0.15) is 0 Å². The van der Waals surface area contributed by atoms with Gasteiger partial charge >= 0.3 is 0 Å². The Balaban J connectivity index is 1.62. The van der Waals surface area contributed by atoms with Crippen molar-refractivity contribution < 1.29 is 0 Å². The van der Waals surface area contributed by atoms with Crippen molar-refractivity contribution in [2.24, 2.45) is 0 Å². The van der Waals surface area contributed by atoms with Crippen molar-refractivity contribution in [2.75, 3.05) is 6.54 Å². The van der Waals surface area contributed by atoms with E-state index in [1.54, 1.807) is 0 Å². The average Bonchev–Trinajstić information content (AvgIpc) is 3.09. The molecule has 25 heavy (non-hydrogen) atoms. The van der Waals surface area contributed by atoms with Crippen LogP contribution in [0.15, 0.2) is 54.6 Å². The van der Waals surface area contributed by atoms with Gasteiger partial charge in [0.05, 0.1) is 6.54 Å². The highest BCUT2D eigenvalue weighted by Gasteiger charge is 2.27. The van der Waals surface area contributed by atoms with Gasteiger partial charge in [-0.25, -0.2) is 4.68 Å². The molecule has 1 aromatic heterocycles. The summed E-state index contributed by atoms with van der Waals surface area (Å²) in [6.07, 6.45) is 1.04. The van der Waals surface area contributed by atoms with Gasteiger partial charge in [-0.2, -0.15) is 0 Å². The molecule has 1 aliphatic rings. The Kier molecular flexibility index (Phi) is 4.57. The molecule has 0 aliphatic carbocycles. The highest BCUT2D eigenvalue weighted by Crippen LogP contribution is 2.33. The molecule has 1 atom stereocenters. The molecule has 128 valence electrons. The fourth-order valence-corrected chi connectivity index (χ4v) is 3.69. The summed E-state index contributed by atoms with van der Waals surface area (Å²) in [7, 11) is 0. The van der Waals surface area contributed by atoms with E-state index in [-0.39, 0.29) is 0 Å². The van der Waals surface area contributed by atoms with Crippen LogP contribution in [-0.4, -0.2) is 31.7 Å². The predicted octanol–water partition coefficient (Wildman–Crippen LogP) is 3.23. The number of hydrogen-bond donors (Lipinski definition) is 0. The van der Waals surface area contributed by atoms with E-state index in [2.05, 4.69) is 81.9 Å². The fraction of sp³-hybridized carbons (Fsp3) is 0.350. The van der Waals surface area contributed by atoms with Crippen LogP contribution in [0, 0.1) is 0 Å². The summed E-state index contributed by atoms with van der Waals surface area (Å²) in [5.74, 6) is 1.34. The standard InChI is InChI=1S/C20H23N5/c1-2-12-25-20(21-22-23-25)15-24-13-17-10-6-7-11-18(17)19(14-24)16-8-4-3-5-9-16/h3-11,19H,2,12-15H2,1H3. The van der Waals surface area contributed by atoms with Crippen LogP contribution >= 0.6 is 0 Å². The Morgan fingerprint density at radius 1 is 1.04 bits per heavy atom. The van der Waals surface area contributed by atoms with Crippen LogP contribution in [-0.2, 0) is 19.6 Å². The zero-order valence-corrected chi connectivity index (χ0v) is 14.5. The summed E-state index contributed by atoms with van der Waals surface area (Å²) in [6.45, 7) is 5.73. The molecular formula is C20H23N5. The first-order valence-corrected chi connectivity index (χ1v) is 8.95. The molecule has 2 aromatic carbocycles. The van der Waals surface area contributed by atoms with Gasteiger partial charge < -0.3 is 0 Å². The lowest BCUT2D eigenvalue weighted by molar-refractivity contribution is 0.222. The van der Waals surface area contributed by atoms with Crippen molar-refractivity contribution in [3.8, 4) is 0 Å². The summed E-state index contributed by atoms with van der Waals surface area (Å²) in [4.78, 5) is 2.46. The number of aromatic nitrogens is 4. The summed E-state index contributed by atoms with van der Waals surface area (Å²) in [5, 5.41) is 12.2. The van der Waals surface area contributed by atoms with Gasteiger partial charge in [-0.3, -0.25) is 4.90 Å². The lowest BCUT2D eigenvalue weighted by Crippen LogP contribution is -2.34. The van der Waals surface area contributed by atoms with Gasteiger partial charge in [0.25, 0.3) is 0 Å².